The third-order valence-corrected chi connectivity index (χ3v) is 5.87. The van der Waals surface area contributed by atoms with Gasteiger partial charge in [0.15, 0.2) is 0 Å². The summed E-state index contributed by atoms with van der Waals surface area (Å²) in [6.45, 7) is 5.96. The normalized spacial score (nSPS) is 28.8. The first-order valence-corrected chi connectivity index (χ1v) is 8.91. The van der Waals surface area contributed by atoms with Crippen LogP contribution in [0, 0.1) is 0 Å². The lowest BCUT2D eigenvalue weighted by Gasteiger charge is -2.40. The van der Waals surface area contributed by atoms with Crippen molar-refractivity contribution in [1.82, 2.24) is 13.5 Å². The van der Waals surface area contributed by atoms with E-state index in [1.54, 1.807) is 4.90 Å². The minimum absolute atomic E-state index is 0.0330. The van der Waals surface area contributed by atoms with Gasteiger partial charge in [0, 0.05) is 46.4 Å². The van der Waals surface area contributed by atoms with Gasteiger partial charge in [0.2, 0.25) is 5.91 Å². The van der Waals surface area contributed by atoms with Crippen LogP contribution in [0.1, 0.15) is 13.8 Å². The predicted molar refractivity (Wildman–Crippen MR) is 80.5 cm³/mol. The van der Waals surface area contributed by atoms with Crippen LogP contribution in [-0.4, -0.2) is 93.0 Å². The number of morpholine rings is 1. The van der Waals surface area contributed by atoms with E-state index in [1.807, 2.05) is 13.8 Å². The number of ether oxygens (including phenoxy) is 2. The quantitative estimate of drug-likeness (QED) is 0.667. The van der Waals surface area contributed by atoms with Crippen LogP contribution < -0.4 is 0 Å². The summed E-state index contributed by atoms with van der Waals surface area (Å²) in [5.74, 6) is -0.104. The Bertz CT molecular complexity index is 480. The van der Waals surface area contributed by atoms with Crippen molar-refractivity contribution in [2.24, 2.45) is 0 Å². The summed E-state index contributed by atoms with van der Waals surface area (Å²) in [6, 6.07) is 0. The number of carbonyl (C=O) groups excluding carboxylic acids is 1. The molecular weight excluding hydrogens is 310 g/mol. The fourth-order valence-corrected chi connectivity index (χ4v) is 4.61. The number of hydrogen-bond donors (Lipinski definition) is 0. The van der Waals surface area contributed by atoms with Crippen LogP contribution >= 0.6 is 0 Å². The molecule has 0 N–H and O–H groups in total. The third kappa shape index (κ3) is 3.96. The Balaban J connectivity index is 1.96. The van der Waals surface area contributed by atoms with E-state index >= 15 is 0 Å². The van der Waals surface area contributed by atoms with E-state index in [9.17, 15) is 13.2 Å². The number of rotatable bonds is 4. The van der Waals surface area contributed by atoms with Crippen LogP contribution in [0.25, 0.3) is 0 Å². The summed E-state index contributed by atoms with van der Waals surface area (Å²) in [5, 5.41) is 0. The monoisotopic (exact) mass is 335 g/mol. The number of hydrogen-bond acceptors (Lipinski definition) is 5. The van der Waals surface area contributed by atoms with Crippen LogP contribution in [0.15, 0.2) is 0 Å². The third-order valence-electron chi connectivity index (χ3n) is 3.90. The molecule has 128 valence electrons. The fourth-order valence-electron chi connectivity index (χ4n) is 2.87. The largest absolute Gasteiger partial charge is 0.375 e. The van der Waals surface area contributed by atoms with Crippen molar-refractivity contribution in [3.8, 4) is 0 Å². The number of carbonyl (C=O) groups is 1. The number of nitrogens with zero attached hydrogens (tertiary/aromatic N) is 3. The van der Waals surface area contributed by atoms with Crippen molar-refractivity contribution in [2.75, 3.05) is 53.0 Å². The molecule has 1 amide bonds. The molecular formula is C13H25N3O5S. The maximum Gasteiger partial charge on any atom is 0.282 e. The first kappa shape index (κ1) is 17.6. The summed E-state index contributed by atoms with van der Waals surface area (Å²) in [4.78, 5) is 13.4. The standard InChI is InChI=1S/C13H25N3O5S/c1-11-8-16(9-12(2)21-11)22(18,19)15-6-4-14(5-7-15)13(17)10-20-3/h11-12H,4-10H2,1-3H3. The van der Waals surface area contributed by atoms with Crippen molar-refractivity contribution < 1.29 is 22.7 Å². The summed E-state index contributed by atoms with van der Waals surface area (Å²) in [6.07, 6.45) is -0.216. The first-order chi connectivity index (χ1) is 10.3. The van der Waals surface area contributed by atoms with Gasteiger partial charge in [-0.1, -0.05) is 0 Å². The molecule has 2 aliphatic rings. The van der Waals surface area contributed by atoms with Crippen molar-refractivity contribution in [2.45, 2.75) is 26.1 Å². The highest BCUT2D eigenvalue weighted by Gasteiger charge is 2.37. The molecule has 2 heterocycles. The molecule has 8 nitrogen and oxygen atoms in total. The van der Waals surface area contributed by atoms with Crippen LogP contribution in [0.5, 0.6) is 0 Å². The summed E-state index contributed by atoms with van der Waals surface area (Å²) in [5.41, 5.74) is 0. The Morgan fingerprint density at radius 1 is 1.09 bits per heavy atom. The molecule has 2 rings (SSSR count). The molecule has 22 heavy (non-hydrogen) atoms. The molecule has 2 saturated heterocycles. The van der Waals surface area contributed by atoms with Crippen molar-refractivity contribution in [3.05, 3.63) is 0 Å². The van der Waals surface area contributed by atoms with Crippen molar-refractivity contribution >= 4 is 16.1 Å². The van der Waals surface area contributed by atoms with Gasteiger partial charge in [-0.2, -0.15) is 17.0 Å². The van der Waals surface area contributed by atoms with E-state index in [-0.39, 0.29) is 24.7 Å². The number of methoxy groups -OCH3 is 1. The Morgan fingerprint density at radius 3 is 2.14 bits per heavy atom. The van der Waals surface area contributed by atoms with E-state index in [0.29, 0.717) is 39.3 Å². The molecule has 0 spiro atoms. The van der Waals surface area contributed by atoms with Crippen molar-refractivity contribution in [1.29, 1.82) is 0 Å². The van der Waals surface area contributed by atoms with Crippen LogP contribution in [0.4, 0.5) is 0 Å². The second-order valence-electron chi connectivity index (χ2n) is 5.79. The van der Waals surface area contributed by atoms with Crippen molar-refractivity contribution in [3.63, 3.8) is 0 Å². The van der Waals surface area contributed by atoms with E-state index < -0.39 is 10.2 Å². The average molecular weight is 335 g/mol. The van der Waals surface area contributed by atoms with Gasteiger partial charge in [-0.3, -0.25) is 4.79 Å². The highest BCUT2D eigenvalue weighted by atomic mass is 32.2. The topological polar surface area (TPSA) is 79.4 Å². The Hall–Kier alpha value is -0.740. The van der Waals surface area contributed by atoms with Crippen LogP contribution in [0.2, 0.25) is 0 Å². The molecule has 0 radical (unpaired) electrons. The summed E-state index contributed by atoms with van der Waals surface area (Å²) in [7, 11) is -2.02. The zero-order valence-corrected chi connectivity index (χ0v) is 14.2. The highest BCUT2D eigenvalue weighted by Crippen LogP contribution is 2.18. The molecule has 2 atom stereocenters. The highest BCUT2D eigenvalue weighted by molar-refractivity contribution is 7.86. The zero-order chi connectivity index (χ0) is 16.3. The van der Waals surface area contributed by atoms with Gasteiger partial charge in [0.25, 0.3) is 10.2 Å². The Labute approximate surface area is 132 Å². The molecule has 2 fully saturated rings. The van der Waals surface area contributed by atoms with Gasteiger partial charge in [-0.15, -0.1) is 0 Å². The minimum Gasteiger partial charge on any atom is -0.375 e. The van der Waals surface area contributed by atoms with Crippen LogP contribution in [0.3, 0.4) is 0 Å². The summed E-state index contributed by atoms with van der Waals surface area (Å²) < 4.78 is 38.7. The lowest BCUT2D eigenvalue weighted by Crippen LogP contribution is -2.57. The molecule has 2 unspecified atom stereocenters. The van der Waals surface area contributed by atoms with Gasteiger partial charge < -0.3 is 14.4 Å². The van der Waals surface area contributed by atoms with Gasteiger partial charge in [-0.25, -0.2) is 0 Å². The molecule has 0 saturated carbocycles. The molecule has 0 bridgehead atoms. The molecule has 0 aromatic rings. The maximum atomic E-state index is 12.7. The van der Waals surface area contributed by atoms with E-state index in [2.05, 4.69) is 0 Å². The summed E-state index contributed by atoms with van der Waals surface area (Å²) >= 11 is 0. The predicted octanol–water partition coefficient (Wildman–Crippen LogP) is -0.869. The van der Waals surface area contributed by atoms with E-state index in [4.69, 9.17) is 9.47 Å². The van der Waals surface area contributed by atoms with Gasteiger partial charge in [0.1, 0.15) is 6.61 Å². The Kier molecular flexibility index (Phi) is 5.78. The smallest absolute Gasteiger partial charge is 0.282 e. The molecule has 0 aromatic heterocycles. The van der Waals surface area contributed by atoms with Gasteiger partial charge in [-0.05, 0) is 13.8 Å². The number of piperazine rings is 1. The van der Waals surface area contributed by atoms with Crippen LogP contribution in [-0.2, 0) is 24.5 Å². The van der Waals surface area contributed by atoms with Gasteiger partial charge >= 0.3 is 0 Å². The lowest BCUT2D eigenvalue weighted by molar-refractivity contribution is -0.136. The Morgan fingerprint density at radius 2 is 1.64 bits per heavy atom. The SMILES string of the molecule is COCC(=O)N1CCN(S(=O)(=O)N2CC(C)OC(C)C2)CC1. The first-order valence-electron chi connectivity index (χ1n) is 7.52. The minimum atomic E-state index is -3.49. The molecule has 2 aliphatic heterocycles. The zero-order valence-electron chi connectivity index (χ0n) is 13.4. The maximum absolute atomic E-state index is 12.7. The second-order valence-corrected chi connectivity index (χ2v) is 7.72. The fraction of sp³-hybridized carbons (Fsp3) is 0.923. The molecule has 0 aliphatic carbocycles. The molecule has 0 aromatic carbocycles. The van der Waals surface area contributed by atoms with E-state index in [1.165, 1.54) is 15.7 Å². The van der Waals surface area contributed by atoms with E-state index in [0.717, 1.165) is 0 Å². The average Bonchev–Trinajstić information content (AvgIpc) is 2.46. The van der Waals surface area contributed by atoms with Gasteiger partial charge in [0.05, 0.1) is 12.2 Å². The second kappa shape index (κ2) is 7.22. The molecule has 9 heteroatoms. The lowest BCUT2D eigenvalue weighted by atomic mass is 10.3. The number of amides is 1.